The Bertz CT molecular complexity index is 331. The molecule has 0 radical (unpaired) electrons. The van der Waals surface area contributed by atoms with Crippen LogP contribution in [0, 0.1) is 0 Å². The van der Waals surface area contributed by atoms with Gasteiger partial charge in [0.25, 0.3) is 0 Å². The van der Waals surface area contributed by atoms with Gasteiger partial charge in [0.05, 0.1) is 0 Å². The summed E-state index contributed by atoms with van der Waals surface area (Å²) in [5, 5.41) is 3.26. The van der Waals surface area contributed by atoms with Gasteiger partial charge in [-0.15, -0.1) is 0 Å². The van der Waals surface area contributed by atoms with Gasteiger partial charge >= 0.3 is 0 Å². The molecule has 0 fully saturated rings. The van der Waals surface area contributed by atoms with Crippen molar-refractivity contribution in [1.82, 2.24) is 4.90 Å². The predicted octanol–water partition coefficient (Wildman–Crippen LogP) is 3.21. The number of anilines is 1. The summed E-state index contributed by atoms with van der Waals surface area (Å²) in [6, 6.07) is 8.51. The summed E-state index contributed by atoms with van der Waals surface area (Å²) >= 11 is 6.36. The number of nitrogens with one attached hydrogen (secondary N) is 1. The van der Waals surface area contributed by atoms with Crippen LogP contribution in [0.2, 0.25) is 0 Å². The topological polar surface area (TPSA) is 15.3 Å². The molecule has 0 aliphatic carbocycles. The predicted molar refractivity (Wildman–Crippen MR) is 88.1 cm³/mol. The first-order chi connectivity index (χ1) is 8.81. The minimum Gasteiger partial charge on any atom is -0.388 e. The molecule has 18 heavy (non-hydrogen) atoms. The van der Waals surface area contributed by atoms with Gasteiger partial charge in [-0.1, -0.05) is 25.1 Å². The Morgan fingerprint density at radius 3 is 2.72 bits per heavy atom. The molecule has 102 valence electrons. The quantitative estimate of drug-likeness (QED) is 0.535. The number of hydrogen-bond acceptors (Lipinski definition) is 4. The van der Waals surface area contributed by atoms with E-state index in [0.29, 0.717) is 0 Å². The molecule has 0 amide bonds. The van der Waals surface area contributed by atoms with Crippen molar-refractivity contribution in [3.05, 3.63) is 29.8 Å². The molecule has 0 atom stereocenters. The average molecular weight is 284 g/mol. The Morgan fingerprint density at radius 1 is 1.28 bits per heavy atom. The van der Waals surface area contributed by atoms with Gasteiger partial charge in [0.2, 0.25) is 0 Å². The Morgan fingerprint density at radius 2 is 2.06 bits per heavy atom. The molecular formula is C14H24N2S2. The standard InChI is InChI=1S/C14H24N2S2/c1-3-18-11-9-16(8-10-17)12-13-6-4-5-7-14(13)15-2/h4-7,15,17H,3,8-12H2,1-2H3. The maximum Gasteiger partial charge on any atom is 0.0383 e. The molecule has 0 unspecified atom stereocenters. The zero-order chi connectivity index (χ0) is 13.2. The van der Waals surface area contributed by atoms with Crippen LogP contribution in [-0.4, -0.2) is 42.3 Å². The maximum absolute atomic E-state index is 4.36. The van der Waals surface area contributed by atoms with Gasteiger partial charge < -0.3 is 5.32 Å². The van der Waals surface area contributed by atoms with Crippen molar-refractivity contribution in [2.24, 2.45) is 0 Å². The molecule has 0 saturated carbocycles. The molecule has 1 aromatic carbocycles. The molecule has 4 heteroatoms. The number of hydrogen-bond donors (Lipinski definition) is 2. The minimum atomic E-state index is 0.915. The van der Waals surface area contributed by atoms with Crippen LogP contribution >= 0.6 is 24.4 Å². The van der Waals surface area contributed by atoms with Crippen LogP contribution in [0.4, 0.5) is 5.69 Å². The second-order valence-corrected chi connectivity index (χ2v) is 5.94. The van der Waals surface area contributed by atoms with Crippen LogP contribution in [0.25, 0.3) is 0 Å². The van der Waals surface area contributed by atoms with Crippen LogP contribution in [0.3, 0.4) is 0 Å². The monoisotopic (exact) mass is 284 g/mol. The fourth-order valence-corrected chi connectivity index (χ4v) is 2.85. The summed E-state index contributed by atoms with van der Waals surface area (Å²) < 4.78 is 0. The zero-order valence-electron chi connectivity index (χ0n) is 11.4. The second-order valence-electron chi connectivity index (χ2n) is 4.10. The number of thiol groups is 1. The molecule has 0 spiro atoms. The van der Waals surface area contributed by atoms with Crippen molar-refractivity contribution in [2.45, 2.75) is 13.5 Å². The third kappa shape index (κ3) is 5.55. The van der Waals surface area contributed by atoms with Crippen molar-refractivity contribution >= 4 is 30.1 Å². The van der Waals surface area contributed by atoms with E-state index >= 15 is 0 Å². The highest BCUT2D eigenvalue weighted by molar-refractivity contribution is 7.99. The van der Waals surface area contributed by atoms with Crippen LogP contribution in [0.5, 0.6) is 0 Å². The SMILES string of the molecule is CCSCCN(CCS)Cc1ccccc1NC. The van der Waals surface area contributed by atoms with Gasteiger partial charge in [-0.25, -0.2) is 0 Å². The maximum atomic E-state index is 4.36. The molecule has 0 aliphatic heterocycles. The first kappa shape index (κ1) is 15.7. The third-order valence-electron chi connectivity index (χ3n) is 2.85. The van der Waals surface area contributed by atoms with Crippen molar-refractivity contribution in [3.8, 4) is 0 Å². The Hall–Kier alpha value is -0.320. The molecule has 1 N–H and O–H groups in total. The molecule has 2 nitrogen and oxygen atoms in total. The molecule has 0 aromatic heterocycles. The lowest BCUT2D eigenvalue weighted by Crippen LogP contribution is -2.28. The first-order valence-corrected chi connectivity index (χ1v) is 8.27. The third-order valence-corrected chi connectivity index (χ3v) is 3.93. The smallest absolute Gasteiger partial charge is 0.0383 e. The summed E-state index contributed by atoms with van der Waals surface area (Å²) in [5.74, 6) is 3.31. The summed E-state index contributed by atoms with van der Waals surface area (Å²) in [4.78, 5) is 2.48. The average Bonchev–Trinajstić information content (AvgIpc) is 2.40. The van der Waals surface area contributed by atoms with Crippen molar-refractivity contribution in [1.29, 1.82) is 0 Å². The molecule has 1 rings (SSSR count). The number of nitrogens with zero attached hydrogens (tertiary/aromatic N) is 1. The van der Waals surface area contributed by atoms with E-state index < -0.39 is 0 Å². The largest absolute Gasteiger partial charge is 0.388 e. The Balaban J connectivity index is 2.58. The van der Waals surface area contributed by atoms with E-state index in [1.807, 2.05) is 18.8 Å². The number of para-hydroxylation sites is 1. The minimum absolute atomic E-state index is 0.915. The van der Waals surface area contributed by atoms with Gasteiger partial charge in [0, 0.05) is 43.9 Å². The van der Waals surface area contributed by atoms with Gasteiger partial charge in [-0.3, -0.25) is 4.90 Å². The van der Waals surface area contributed by atoms with Gasteiger partial charge in [0.1, 0.15) is 0 Å². The van der Waals surface area contributed by atoms with Crippen LogP contribution in [0.15, 0.2) is 24.3 Å². The number of thioether (sulfide) groups is 1. The fraction of sp³-hybridized carbons (Fsp3) is 0.571. The van der Waals surface area contributed by atoms with Crippen LogP contribution in [0.1, 0.15) is 12.5 Å². The fourth-order valence-electron chi connectivity index (χ4n) is 1.89. The lowest BCUT2D eigenvalue weighted by atomic mass is 10.1. The molecule has 0 aliphatic rings. The van der Waals surface area contributed by atoms with Crippen molar-refractivity contribution < 1.29 is 0 Å². The van der Waals surface area contributed by atoms with E-state index in [4.69, 9.17) is 0 Å². The van der Waals surface area contributed by atoms with E-state index in [2.05, 4.69) is 54.0 Å². The summed E-state index contributed by atoms with van der Waals surface area (Å²) in [6.45, 7) is 5.40. The molecule has 0 bridgehead atoms. The van der Waals surface area contributed by atoms with Gasteiger partial charge in [-0.2, -0.15) is 24.4 Å². The highest BCUT2D eigenvalue weighted by atomic mass is 32.2. The molecule has 0 heterocycles. The second kappa shape index (κ2) is 9.59. The Kier molecular flexibility index (Phi) is 8.38. The zero-order valence-corrected chi connectivity index (χ0v) is 13.1. The molecular weight excluding hydrogens is 260 g/mol. The summed E-state index contributed by atoms with van der Waals surface area (Å²) in [7, 11) is 1.98. The van der Waals surface area contributed by atoms with E-state index in [9.17, 15) is 0 Å². The molecule has 0 saturated heterocycles. The lowest BCUT2D eigenvalue weighted by molar-refractivity contribution is 0.302. The van der Waals surface area contributed by atoms with Crippen LogP contribution < -0.4 is 5.32 Å². The van der Waals surface area contributed by atoms with E-state index in [1.165, 1.54) is 22.8 Å². The lowest BCUT2D eigenvalue weighted by Gasteiger charge is -2.22. The summed E-state index contributed by atoms with van der Waals surface area (Å²) in [5.41, 5.74) is 2.59. The highest BCUT2D eigenvalue weighted by Gasteiger charge is 2.07. The van der Waals surface area contributed by atoms with Crippen molar-refractivity contribution in [2.75, 3.05) is 42.7 Å². The van der Waals surface area contributed by atoms with Gasteiger partial charge in [0.15, 0.2) is 0 Å². The number of rotatable bonds is 9. The number of benzene rings is 1. The summed E-state index contributed by atoms with van der Waals surface area (Å²) in [6.07, 6.45) is 0. The normalized spacial score (nSPS) is 10.9. The Labute approximate surface area is 121 Å². The first-order valence-electron chi connectivity index (χ1n) is 6.48. The van der Waals surface area contributed by atoms with E-state index in [-0.39, 0.29) is 0 Å². The van der Waals surface area contributed by atoms with E-state index in [0.717, 1.165) is 25.4 Å². The van der Waals surface area contributed by atoms with Crippen molar-refractivity contribution in [3.63, 3.8) is 0 Å². The molecule has 1 aromatic rings. The van der Waals surface area contributed by atoms with E-state index in [1.54, 1.807) is 0 Å². The van der Waals surface area contributed by atoms with Crippen LogP contribution in [-0.2, 0) is 6.54 Å². The van der Waals surface area contributed by atoms with Gasteiger partial charge in [-0.05, 0) is 17.4 Å². The highest BCUT2D eigenvalue weighted by Crippen LogP contribution is 2.16.